The van der Waals surface area contributed by atoms with Crippen LogP contribution < -0.4 is 0 Å². The Morgan fingerprint density at radius 2 is 1.43 bits per heavy atom. The van der Waals surface area contributed by atoms with E-state index >= 15 is 0 Å². The second-order valence-corrected chi connectivity index (χ2v) is 3.78. The molecule has 1 rings (SSSR count). The molecule has 0 N–H and O–H groups in total. The van der Waals surface area contributed by atoms with Crippen LogP contribution in [-0.2, 0) is 0 Å². The maximum Gasteiger partial charge on any atom is 0.163 e. The molecule has 70 valence electrons. The van der Waals surface area contributed by atoms with Crippen LogP contribution in [0, 0.1) is 28.5 Å². The molecule has 14 heavy (non-hydrogen) atoms. The van der Waals surface area contributed by atoms with Crippen LogP contribution in [0.2, 0.25) is 10.0 Å². The standard InChI is InChI=1S/C8BrCl2FN2/c9-5-3(1-13)6(10)8(12)7(11)4(5)2-14. The van der Waals surface area contributed by atoms with Crippen molar-refractivity contribution in [1.82, 2.24) is 0 Å². The lowest BCUT2D eigenvalue weighted by Crippen LogP contribution is -1.93. The van der Waals surface area contributed by atoms with Gasteiger partial charge in [0, 0.05) is 0 Å². The summed E-state index contributed by atoms with van der Waals surface area (Å²) in [5.74, 6) is -0.954. The Morgan fingerprint density at radius 1 is 1.07 bits per heavy atom. The van der Waals surface area contributed by atoms with Crippen molar-refractivity contribution < 1.29 is 4.39 Å². The third-order valence-electron chi connectivity index (χ3n) is 1.49. The van der Waals surface area contributed by atoms with Crippen LogP contribution in [0.4, 0.5) is 4.39 Å². The maximum atomic E-state index is 13.2. The van der Waals surface area contributed by atoms with Crippen molar-refractivity contribution in [3.63, 3.8) is 0 Å². The molecule has 0 bridgehead atoms. The fourth-order valence-electron chi connectivity index (χ4n) is 0.830. The molecular formula is C8BrCl2FN2. The average Bonchev–Trinajstić information content (AvgIpc) is 2.16. The summed E-state index contributed by atoms with van der Waals surface area (Å²) >= 11 is 14.0. The molecule has 0 aromatic heterocycles. The quantitative estimate of drug-likeness (QED) is 0.541. The van der Waals surface area contributed by atoms with E-state index in [-0.39, 0.29) is 25.6 Å². The lowest BCUT2D eigenvalue weighted by atomic mass is 10.1. The summed E-state index contributed by atoms with van der Waals surface area (Å²) in [6.45, 7) is 0. The minimum atomic E-state index is -0.954. The Kier molecular flexibility index (Phi) is 3.34. The van der Waals surface area contributed by atoms with Crippen molar-refractivity contribution >= 4 is 39.1 Å². The van der Waals surface area contributed by atoms with E-state index in [4.69, 9.17) is 33.7 Å². The molecular weight excluding hydrogens is 294 g/mol. The largest absolute Gasteiger partial charge is 0.204 e. The van der Waals surface area contributed by atoms with Crippen molar-refractivity contribution in [3.8, 4) is 12.1 Å². The fraction of sp³-hybridized carbons (Fsp3) is 0. The van der Waals surface area contributed by atoms with Crippen LogP contribution in [0.5, 0.6) is 0 Å². The molecule has 0 saturated heterocycles. The summed E-state index contributed by atoms with van der Waals surface area (Å²) in [5, 5.41) is 16.5. The van der Waals surface area contributed by atoms with E-state index in [1.165, 1.54) is 0 Å². The highest BCUT2D eigenvalue weighted by atomic mass is 79.9. The van der Waals surface area contributed by atoms with Crippen LogP contribution in [0.25, 0.3) is 0 Å². The van der Waals surface area contributed by atoms with Gasteiger partial charge in [0.1, 0.15) is 12.1 Å². The first-order valence-corrected chi connectivity index (χ1v) is 4.75. The van der Waals surface area contributed by atoms with E-state index in [0.717, 1.165) is 0 Å². The molecule has 0 saturated carbocycles. The first-order chi connectivity index (χ1) is 6.54. The highest BCUT2D eigenvalue weighted by molar-refractivity contribution is 9.10. The number of halogens is 4. The van der Waals surface area contributed by atoms with E-state index in [1.54, 1.807) is 12.1 Å². The van der Waals surface area contributed by atoms with Gasteiger partial charge in [0.15, 0.2) is 5.82 Å². The van der Waals surface area contributed by atoms with E-state index in [9.17, 15) is 4.39 Å². The molecule has 0 heterocycles. The first kappa shape index (κ1) is 11.3. The first-order valence-electron chi connectivity index (χ1n) is 3.20. The number of rotatable bonds is 0. The molecule has 0 aliphatic carbocycles. The van der Waals surface area contributed by atoms with Gasteiger partial charge in [-0.05, 0) is 15.9 Å². The smallest absolute Gasteiger partial charge is 0.163 e. The Morgan fingerprint density at radius 3 is 1.71 bits per heavy atom. The topological polar surface area (TPSA) is 47.6 Å². The van der Waals surface area contributed by atoms with E-state index in [2.05, 4.69) is 15.9 Å². The zero-order chi connectivity index (χ0) is 10.9. The third-order valence-corrected chi connectivity index (χ3v) is 2.99. The number of hydrogen-bond donors (Lipinski definition) is 0. The van der Waals surface area contributed by atoms with Crippen LogP contribution >= 0.6 is 39.1 Å². The second kappa shape index (κ2) is 4.14. The molecule has 0 atom stereocenters. The number of benzene rings is 1. The van der Waals surface area contributed by atoms with Gasteiger partial charge in [-0.1, -0.05) is 23.2 Å². The van der Waals surface area contributed by atoms with Gasteiger partial charge in [-0.15, -0.1) is 0 Å². The number of hydrogen-bond acceptors (Lipinski definition) is 2. The zero-order valence-electron chi connectivity index (χ0n) is 6.41. The van der Waals surface area contributed by atoms with Crippen LogP contribution in [0.15, 0.2) is 4.47 Å². The van der Waals surface area contributed by atoms with E-state index in [1.807, 2.05) is 0 Å². The molecule has 0 spiro atoms. The minimum Gasteiger partial charge on any atom is -0.204 e. The highest BCUT2D eigenvalue weighted by Gasteiger charge is 2.20. The Bertz CT molecular complexity index is 447. The van der Waals surface area contributed by atoms with Crippen molar-refractivity contribution in [3.05, 3.63) is 31.5 Å². The molecule has 0 amide bonds. The van der Waals surface area contributed by atoms with Gasteiger partial charge in [0.25, 0.3) is 0 Å². The fourth-order valence-corrected chi connectivity index (χ4v) is 2.14. The predicted octanol–water partition coefficient (Wildman–Crippen LogP) is 3.64. The van der Waals surface area contributed by atoms with Gasteiger partial charge < -0.3 is 0 Å². The van der Waals surface area contributed by atoms with Gasteiger partial charge >= 0.3 is 0 Å². The highest BCUT2D eigenvalue weighted by Crippen LogP contribution is 2.36. The van der Waals surface area contributed by atoms with Crippen molar-refractivity contribution in [1.29, 1.82) is 10.5 Å². The third kappa shape index (κ3) is 1.57. The van der Waals surface area contributed by atoms with Crippen molar-refractivity contribution in [2.45, 2.75) is 0 Å². The molecule has 2 nitrogen and oxygen atoms in total. The monoisotopic (exact) mass is 292 g/mol. The molecule has 1 aromatic rings. The molecule has 0 unspecified atom stereocenters. The minimum absolute atomic E-state index is 0.110. The molecule has 0 fully saturated rings. The summed E-state index contributed by atoms with van der Waals surface area (Å²) in [4.78, 5) is 0. The SMILES string of the molecule is N#Cc1c(Cl)c(F)c(Cl)c(C#N)c1Br. The average molecular weight is 294 g/mol. The molecule has 0 aliphatic heterocycles. The Labute approximate surface area is 97.6 Å². The van der Waals surface area contributed by atoms with Crippen molar-refractivity contribution in [2.75, 3.05) is 0 Å². The van der Waals surface area contributed by atoms with E-state index < -0.39 is 5.82 Å². The lowest BCUT2D eigenvalue weighted by molar-refractivity contribution is 0.627. The Balaban J connectivity index is 3.78. The summed E-state index contributed by atoms with van der Waals surface area (Å²) in [6, 6.07) is 3.36. The van der Waals surface area contributed by atoms with Gasteiger partial charge in [-0.25, -0.2) is 4.39 Å². The molecule has 0 radical (unpaired) electrons. The Hall–Kier alpha value is -0.810. The predicted molar refractivity (Wildman–Crippen MR) is 53.6 cm³/mol. The van der Waals surface area contributed by atoms with E-state index in [0.29, 0.717) is 0 Å². The molecule has 0 aliphatic rings. The number of nitrogens with zero attached hydrogens (tertiary/aromatic N) is 2. The van der Waals surface area contributed by atoms with Crippen LogP contribution in [0.3, 0.4) is 0 Å². The second-order valence-electron chi connectivity index (χ2n) is 2.23. The number of nitriles is 2. The van der Waals surface area contributed by atoms with Gasteiger partial charge in [0.05, 0.1) is 25.6 Å². The van der Waals surface area contributed by atoms with Crippen molar-refractivity contribution in [2.24, 2.45) is 0 Å². The molecule has 1 aromatic carbocycles. The summed E-state index contributed by atoms with van der Waals surface area (Å²) in [6.07, 6.45) is 0. The summed E-state index contributed by atoms with van der Waals surface area (Å²) in [7, 11) is 0. The van der Waals surface area contributed by atoms with Gasteiger partial charge in [0.2, 0.25) is 0 Å². The summed E-state index contributed by atoms with van der Waals surface area (Å²) < 4.78 is 13.3. The van der Waals surface area contributed by atoms with Gasteiger partial charge in [-0.2, -0.15) is 10.5 Å². The van der Waals surface area contributed by atoms with Gasteiger partial charge in [-0.3, -0.25) is 0 Å². The summed E-state index contributed by atoms with van der Waals surface area (Å²) in [5.41, 5.74) is -0.268. The molecule has 6 heteroatoms. The maximum absolute atomic E-state index is 13.2. The normalized spacial score (nSPS) is 9.29. The van der Waals surface area contributed by atoms with Crippen LogP contribution in [-0.4, -0.2) is 0 Å². The lowest BCUT2D eigenvalue weighted by Gasteiger charge is -2.05. The van der Waals surface area contributed by atoms with Crippen LogP contribution in [0.1, 0.15) is 11.1 Å². The zero-order valence-corrected chi connectivity index (χ0v) is 9.50.